The predicted molar refractivity (Wildman–Crippen MR) is 176 cm³/mol. The van der Waals surface area contributed by atoms with Crippen LogP contribution >= 0.6 is 11.6 Å². The molecule has 0 saturated heterocycles. The molecule has 2 amide bonds. The van der Waals surface area contributed by atoms with Crippen molar-refractivity contribution in [2.75, 3.05) is 17.4 Å². The molecule has 0 saturated carbocycles. The number of sulfonamides is 1. The van der Waals surface area contributed by atoms with Gasteiger partial charge >= 0.3 is 0 Å². The Labute approximate surface area is 269 Å². The van der Waals surface area contributed by atoms with Crippen molar-refractivity contribution in [1.82, 2.24) is 10.2 Å². The number of amides is 2. The van der Waals surface area contributed by atoms with Crippen LogP contribution in [0.15, 0.2) is 108 Å². The van der Waals surface area contributed by atoms with Gasteiger partial charge < -0.3 is 10.2 Å². The Balaban J connectivity index is 1.80. The van der Waals surface area contributed by atoms with Gasteiger partial charge in [0.2, 0.25) is 11.8 Å². The van der Waals surface area contributed by atoms with Gasteiger partial charge in [-0.3, -0.25) is 13.9 Å². The van der Waals surface area contributed by atoms with E-state index in [1.54, 1.807) is 24.3 Å². The van der Waals surface area contributed by atoms with Gasteiger partial charge in [-0.05, 0) is 60.9 Å². The average Bonchev–Trinajstić information content (AvgIpc) is 3.02. The maximum absolute atomic E-state index is 15.0. The lowest BCUT2D eigenvalue weighted by atomic mass is 10.0. The van der Waals surface area contributed by atoms with Crippen LogP contribution in [0.4, 0.5) is 10.1 Å². The topological polar surface area (TPSA) is 86.8 Å². The Morgan fingerprint density at radius 2 is 1.49 bits per heavy atom. The first-order chi connectivity index (χ1) is 21.5. The van der Waals surface area contributed by atoms with Crippen LogP contribution in [0.5, 0.6) is 0 Å². The van der Waals surface area contributed by atoms with E-state index < -0.39 is 40.2 Å². The van der Waals surface area contributed by atoms with Crippen molar-refractivity contribution in [3.63, 3.8) is 0 Å². The minimum absolute atomic E-state index is 0.00739. The SMILES string of the molecule is Cc1ccc(S(=O)(=O)N(CC(=O)N(Cc2ccccc2F)C(Cc2ccccc2)C(=O)NCC(C)C)c2ccc(Cl)cc2)cc1. The number of carbonyl (C=O) groups is 2. The van der Waals surface area contributed by atoms with Gasteiger partial charge in [0, 0.05) is 30.1 Å². The van der Waals surface area contributed by atoms with E-state index in [9.17, 15) is 18.0 Å². The second-order valence-electron chi connectivity index (χ2n) is 11.3. The van der Waals surface area contributed by atoms with E-state index >= 15 is 4.39 Å². The monoisotopic (exact) mass is 649 g/mol. The molecule has 4 rings (SSSR count). The summed E-state index contributed by atoms with van der Waals surface area (Å²) in [5.74, 6) is -1.50. The molecule has 0 bridgehead atoms. The smallest absolute Gasteiger partial charge is 0.264 e. The van der Waals surface area contributed by atoms with Gasteiger partial charge in [0.15, 0.2) is 0 Å². The van der Waals surface area contributed by atoms with Crippen LogP contribution in [0.1, 0.15) is 30.5 Å². The molecule has 1 unspecified atom stereocenters. The van der Waals surface area contributed by atoms with Crippen LogP contribution in [0.3, 0.4) is 0 Å². The maximum Gasteiger partial charge on any atom is 0.264 e. The number of hydrogen-bond acceptors (Lipinski definition) is 4. The quantitative estimate of drug-likeness (QED) is 0.182. The van der Waals surface area contributed by atoms with E-state index in [1.807, 2.05) is 51.1 Å². The second-order valence-corrected chi connectivity index (χ2v) is 13.6. The zero-order chi connectivity index (χ0) is 32.6. The summed E-state index contributed by atoms with van der Waals surface area (Å²) in [5, 5.41) is 3.31. The highest BCUT2D eigenvalue weighted by Crippen LogP contribution is 2.27. The first-order valence-corrected chi connectivity index (χ1v) is 16.5. The van der Waals surface area contributed by atoms with E-state index in [2.05, 4.69) is 5.32 Å². The van der Waals surface area contributed by atoms with Crippen molar-refractivity contribution in [2.45, 2.75) is 44.7 Å². The summed E-state index contributed by atoms with van der Waals surface area (Å²) in [6.45, 7) is 5.22. The molecule has 4 aromatic rings. The molecule has 0 aliphatic rings. The summed E-state index contributed by atoms with van der Waals surface area (Å²) in [6.07, 6.45) is 0.136. The number of nitrogens with zero attached hydrogens (tertiary/aromatic N) is 2. The fraction of sp³-hybridized carbons (Fsp3) is 0.257. The minimum atomic E-state index is -4.25. The molecular weight excluding hydrogens is 613 g/mol. The van der Waals surface area contributed by atoms with Gasteiger partial charge in [-0.25, -0.2) is 12.8 Å². The first-order valence-electron chi connectivity index (χ1n) is 14.6. The number of nitrogens with one attached hydrogen (secondary N) is 1. The summed E-state index contributed by atoms with van der Waals surface area (Å²) in [6, 6.07) is 26.6. The van der Waals surface area contributed by atoms with Crippen LogP contribution in [0.25, 0.3) is 0 Å². The zero-order valence-corrected chi connectivity index (χ0v) is 27.1. The maximum atomic E-state index is 15.0. The number of anilines is 1. The molecule has 1 atom stereocenters. The molecule has 0 fully saturated rings. The third kappa shape index (κ3) is 8.93. The Morgan fingerprint density at radius 3 is 2.11 bits per heavy atom. The highest BCUT2D eigenvalue weighted by molar-refractivity contribution is 7.92. The standard InChI is InChI=1S/C35H37ClFN3O4S/c1-25(2)22-38-35(42)33(21-27-9-5-4-6-10-27)39(23-28-11-7-8-12-32(28)37)34(41)24-40(30-17-15-29(36)16-18-30)45(43,44)31-19-13-26(3)14-20-31/h4-20,25,33H,21-24H2,1-3H3,(H,38,42). The summed E-state index contributed by atoms with van der Waals surface area (Å²) in [7, 11) is -4.25. The molecule has 4 aromatic carbocycles. The van der Waals surface area contributed by atoms with Crippen molar-refractivity contribution in [2.24, 2.45) is 5.92 Å². The number of carbonyl (C=O) groups excluding carboxylic acids is 2. The minimum Gasteiger partial charge on any atom is -0.354 e. The van der Waals surface area contributed by atoms with E-state index in [0.717, 1.165) is 15.4 Å². The van der Waals surface area contributed by atoms with Crippen LogP contribution in [0.2, 0.25) is 5.02 Å². The van der Waals surface area contributed by atoms with Crippen LogP contribution < -0.4 is 9.62 Å². The normalized spacial score (nSPS) is 12.0. The van der Waals surface area contributed by atoms with Crippen molar-refractivity contribution >= 4 is 39.1 Å². The highest BCUT2D eigenvalue weighted by atomic mass is 35.5. The summed E-state index contributed by atoms with van der Waals surface area (Å²) in [4.78, 5) is 29.4. The summed E-state index contributed by atoms with van der Waals surface area (Å²) in [5.41, 5.74) is 2.06. The average molecular weight is 650 g/mol. The molecule has 0 heterocycles. The summed E-state index contributed by atoms with van der Waals surface area (Å²) >= 11 is 6.11. The Hall–Kier alpha value is -4.21. The van der Waals surface area contributed by atoms with E-state index in [0.29, 0.717) is 11.6 Å². The number of benzene rings is 4. The lowest BCUT2D eigenvalue weighted by Crippen LogP contribution is -2.53. The van der Waals surface area contributed by atoms with Crippen molar-refractivity contribution < 1.29 is 22.4 Å². The lowest BCUT2D eigenvalue weighted by Gasteiger charge is -2.34. The molecule has 1 N–H and O–H groups in total. The van der Waals surface area contributed by atoms with Gasteiger partial charge in [-0.2, -0.15) is 0 Å². The molecule has 45 heavy (non-hydrogen) atoms. The number of halogens is 2. The second kappa shape index (κ2) is 15.2. The van der Waals surface area contributed by atoms with Crippen LogP contribution in [0, 0.1) is 18.7 Å². The predicted octanol–water partition coefficient (Wildman–Crippen LogP) is 6.40. The van der Waals surface area contributed by atoms with Gasteiger partial charge in [-0.1, -0.05) is 91.7 Å². The molecular formula is C35H37ClFN3O4S. The molecule has 236 valence electrons. The lowest BCUT2D eigenvalue weighted by molar-refractivity contribution is -0.140. The third-order valence-electron chi connectivity index (χ3n) is 7.26. The van der Waals surface area contributed by atoms with Gasteiger partial charge in [0.25, 0.3) is 10.0 Å². The molecule has 10 heteroatoms. The van der Waals surface area contributed by atoms with Crippen LogP contribution in [-0.4, -0.2) is 44.3 Å². The Morgan fingerprint density at radius 1 is 0.867 bits per heavy atom. The number of rotatable bonds is 13. The van der Waals surface area contributed by atoms with E-state index in [4.69, 9.17) is 11.6 Å². The van der Waals surface area contributed by atoms with Crippen molar-refractivity contribution in [3.05, 3.63) is 131 Å². The highest BCUT2D eigenvalue weighted by Gasteiger charge is 2.35. The Bertz CT molecular complexity index is 1700. The number of aryl methyl sites for hydroxylation is 1. The zero-order valence-electron chi connectivity index (χ0n) is 25.5. The Kier molecular flexibility index (Phi) is 11.4. The fourth-order valence-corrected chi connectivity index (χ4v) is 6.30. The molecule has 0 spiro atoms. The van der Waals surface area contributed by atoms with E-state index in [1.165, 1.54) is 53.4 Å². The fourth-order valence-electron chi connectivity index (χ4n) is 4.76. The largest absolute Gasteiger partial charge is 0.354 e. The van der Waals surface area contributed by atoms with Crippen molar-refractivity contribution in [3.8, 4) is 0 Å². The molecule has 0 radical (unpaired) electrons. The van der Waals surface area contributed by atoms with Crippen molar-refractivity contribution in [1.29, 1.82) is 0 Å². The third-order valence-corrected chi connectivity index (χ3v) is 9.30. The summed E-state index contributed by atoms with van der Waals surface area (Å²) < 4.78 is 44.1. The van der Waals surface area contributed by atoms with E-state index in [-0.39, 0.29) is 35.0 Å². The van der Waals surface area contributed by atoms with Gasteiger partial charge in [0.05, 0.1) is 10.6 Å². The number of hydrogen-bond donors (Lipinski definition) is 1. The van der Waals surface area contributed by atoms with Gasteiger partial charge in [-0.15, -0.1) is 0 Å². The van der Waals surface area contributed by atoms with Gasteiger partial charge in [0.1, 0.15) is 18.4 Å². The molecule has 0 aliphatic carbocycles. The van der Waals surface area contributed by atoms with Crippen LogP contribution in [-0.2, 0) is 32.6 Å². The molecule has 0 aromatic heterocycles. The molecule has 7 nitrogen and oxygen atoms in total. The molecule has 0 aliphatic heterocycles. The first kappa shape index (κ1) is 33.7.